The maximum absolute atomic E-state index is 12.7. The minimum Gasteiger partial charge on any atom is -0.444 e. The molecule has 11 nitrogen and oxygen atoms in total. The van der Waals surface area contributed by atoms with Crippen LogP contribution in [0.5, 0.6) is 0 Å². The molecule has 4 rings (SSSR count). The van der Waals surface area contributed by atoms with Crippen molar-refractivity contribution in [3.05, 3.63) is 70.9 Å². The first-order chi connectivity index (χ1) is 19.0. The number of benzene rings is 2. The maximum atomic E-state index is 12.7. The Labute approximate surface area is 233 Å². The van der Waals surface area contributed by atoms with Crippen molar-refractivity contribution in [2.45, 2.75) is 46.3 Å². The molecule has 1 aliphatic rings. The summed E-state index contributed by atoms with van der Waals surface area (Å²) in [6.45, 7) is 8.11. The number of carbonyl (C=O) groups excluding carboxylic acids is 3. The number of amides is 3. The molecule has 3 amide bonds. The summed E-state index contributed by atoms with van der Waals surface area (Å²) in [6.07, 6.45) is 1.79. The largest absolute Gasteiger partial charge is 0.444 e. The number of nitrogens with one attached hydrogen (secondary N) is 4. The SMILES string of the molecule is CNC(=O)c1ccccc1Nc1nc(Nc2ccc3c(c2)CCN(C(=O)CNC(=O)OC(C)(C)C)C3)ncc1C. The van der Waals surface area contributed by atoms with Crippen molar-refractivity contribution in [2.24, 2.45) is 0 Å². The normalized spacial score (nSPS) is 12.7. The lowest BCUT2D eigenvalue weighted by atomic mass is 9.99. The summed E-state index contributed by atoms with van der Waals surface area (Å²) in [5.41, 5.74) is 4.35. The Morgan fingerprint density at radius 2 is 1.82 bits per heavy atom. The highest BCUT2D eigenvalue weighted by molar-refractivity contribution is 6.00. The van der Waals surface area contributed by atoms with Gasteiger partial charge >= 0.3 is 6.09 Å². The van der Waals surface area contributed by atoms with E-state index in [1.807, 2.05) is 43.3 Å². The lowest BCUT2D eigenvalue weighted by molar-refractivity contribution is -0.131. The quantitative estimate of drug-likeness (QED) is 0.349. The van der Waals surface area contributed by atoms with Crippen LogP contribution in [-0.4, -0.2) is 58.5 Å². The Kier molecular flexibility index (Phi) is 8.52. The van der Waals surface area contributed by atoms with Crippen molar-refractivity contribution in [1.29, 1.82) is 0 Å². The van der Waals surface area contributed by atoms with E-state index in [2.05, 4.69) is 31.2 Å². The molecule has 40 heavy (non-hydrogen) atoms. The third-order valence-corrected chi connectivity index (χ3v) is 6.23. The Morgan fingerprint density at radius 1 is 1.05 bits per heavy atom. The molecule has 4 N–H and O–H groups in total. The van der Waals surface area contributed by atoms with E-state index >= 15 is 0 Å². The van der Waals surface area contributed by atoms with Crippen LogP contribution in [0.3, 0.4) is 0 Å². The fourth-order valence-corrected chi connectivity index (χ4v) is 4.23. The fraction of sp³-hybridized carbons (Fsp3) is 0.345. The summed E-state index contributed by atoms with van der Waals surface area (Å²) in [6, 6.07) is 13.2. The van der Waals surface area contributed by atoms with Crippen molar-refractivity contribution in [1.82, 2.24) is 25.5 Å². The second kappa shape index (κ2) is 12.0. The number of aromatic nitrogens is 2. The van der Waals surface area contributed by atoms with E-state index in [1.165, 1.54) is 0 Å². The molecule has 0 unspecified atom stereocenters. The number of carbonyl (C=O) groups is 3. The molecule has 0 aliphatic carbocycles. The van der Waals surface area contributed by atoms with E-state index in [9.17, 15) is 14.4 Å². The summed E-state index contributed by atoms with van der Waals surface area (Å²) >= 11 is 0. The van der Waals surface area contributed by atoms with Crippen molar-refractivity contribution >= 4 is 41.0 Å². The van der Waals surface area contributed by atoms with Gasteiger partial charge in [-0.3, -0.25) is 9.59 Å². The number of hydrogen-bond donors (Lipinski definition) is 4. The van der Waals surface area contributed by atoms with Gasteiger partial charge in [0, 0.05) is 37.6 Å². The highest BCUT2D eigenvalue weighted by Gasteiger charge is 2.23. The van der Waals surface area contributed by atoms with E-state index < -0.39 is 11.7 Å². The van der Waals surface area contributed by atoms with Crippen LogP contribution in [0.4, 0.5) is 27.9 Å². The van der Waals surface area contributed by atoms with E-state index in [4.69, 9.17) is 4.74 Å². The molecule has 210 valence electrons. The van der Waals surface area contributed by atoms with Crippen molar-refractivity contribution in [2.75, 3.05) is 30.8 Å². The minimum atomic E-state index is -0.622. The van der Waals surface area contributed by atoms with Crippen LogP contribution in [0, 0.1) is 6.92 Å². The molecule has 2 heterocycles. The first-order valence-corrected chi connectivity index (χ1v) is 13.1. The van der Waals surface area contributed by atoms with Gasteiger partial charge in [0.1, 0.15) is 18.0 Å². The molecule has 3 aromatic rings. The van der Waals surface area contributed by atoms with Gasteiger partial charge < -0.3 is 30.9 Å². The van der Waals surface area contributed by atoms with Gasteiger partial charge in [0.05, 0.1) is 11.3 Å². The Balaban J connectivity index is 1.40. The van der Waals surface area contributed by atoms with E-state index in [0.717, 1.165) is 22.4 Å². The monoisotopic (exact) mass is 545 g/mol. The summed E-state index contributed by atoms with van der Waals surface area (Å²) < 4.78 is 5.20. The number of hydrogen-bond acceptors (Lipinski definition) is 8. The molecule has 1 aliphatic heterocycles. The Hall–Kier alpha value is -4.67. The molecule has 0 atom stereocenters. The molecule has 0 bridgehead atoms. The first-order valence-electron chi connectivity index (χ1n) is 13.1. The van der Waals surface area contributed by atoms with Gasteiger partial charge in [-0.25, -0.2) is 9.78 Å². The van der Waals surface area contributed by atoms with Gasteiger partial charge in [-0.2, -0.15) is 4.98 Å². The molecule has 0 saturated heterocycles. The fourth-order valence-electron chi connectivity index (χ4n) is 4.23. The summed E-state index contributed by atoms with van der Waals surface area (Å²) in [5, 5.41) is 11.7. The lowest BCUT2D eigenvalue weighted by Gasteiger charge is -2.29. The smallest absolute Gasteiger partial charge is 0.408 e. The molecule has 0 fully saturated rings. The second-order valence-electron chi connectivity index (χ2n) is 10.5. The maximum Gasteiger partial charge on any atom is 0.408 e. The first kappa shape index (κ1) is 28.3. The zero-order valence-electron chi connectivity index (χ0n) is 23.4. The number of rotatable bonds is 7. The number of ether oxygens (including phenoxy) is 1. The van der Waals surface area contributed by atoms with Gasteiger partial charge in [-0.1, -0.05) is 18.2 Å². The molecule has 0 spiro atoms. The van der Waals surface area contributed by atoms with Gasteiger partial charge in [0.2, 0.25) is 11.9 Å². The lowest BCUT2D eigenvalue weighted by Crippen LogP contribution is -2.43. The molecule has 0 radical (unpaired) electrons. The number of fused-ring (bicyclic) bond motifs is 1. The van der Waals surface area contributed by atoms with Crippen LogP contribution in [0.2, 0.25) is 0 Å². The van der Waals surface area contributed by atoms with Crippen LogP contribution >= 0.6 is 0 Å². The van der Waals surface area contributed by atoms with E-state index in [1.54, 1.807) is 45.0 Å². The highest BCUT2D eigenvalue weighted by Crippen LogP contribution is 2.26. The summed E-state index contributed by atoms with van der Waals surface area (Å²) in [5.74, 6) is 0.638. The number of anilines is 4. The van der Waals surface area contributed by atoms with E-state index in [-0.39, 0.29) is 18.4 Å². The average Bonchev–Trinajstić information content (AvgIpc) is 2.92. The van der Waals surface area contributed by atoms with Gasteiger partial charge in [0.15, 0.2) is 0 Å². The third kappa shape index (κ3) is 7.25. The minimum absolute atomic E-state index is 0.112. The molecule has 1 aromatic heterocycles. The molecular weight excluding hydrogens is 510 g/mol. The van der Waals surface area contributed by atoms with Crippen LogP contribution in [0.25, 0.3) is 0 Å². The van der Waals surface area contributed by atoms with Gasteiger partial charge in [-0.05, 0) is 69.5 Å². The van der Waals surface area contributed by atoms with Crippen LogP contribution in [-0.2, 0) is 22.5 Å². The number of alkyl carbamates (subject to hydrolysis) is 1. The van der Waals surface area contributed by atoms with Gasteiger partial charge in [-0.15, -0.1) is 0 Å². The Bertz CT molecular complexity index is 1420. The van der Waals surface area contributed by atoms with Crippen molar-refractivity contribution in [3.63, 3.8) is 0 Å². The average molecular weight is 546 g/mol. The number of aryl methyl sites for hydroxylation is 1. The third-order valence-electron chi connectivity index (χ3n) is 6.23. The Morgan fingerprint density at radius 3 is 2.58 bits per heavy atom. The van der Waals surface area contributed by atoms with Crippen LogP contribution in [0.15, 0.2) is 48.7 Å². The standard InChI is InChI=1S/C29H35N7O4/c1-18-15-31-27(35-25(18)34-23-9-7-6-8-22(23)26(38)30-5)33-21-11-10-20-17-36(13-12-19(20)14-21)24(37)16-32-28(39)40-29(2,3)4/h6-11,14-15H,12-13,16-17H2,1-5H3,(H,30,38)(H,32,39)(H2,31,33,34,35). The zero-order valence-corrected chi connectivity index (χ0v) is 23.4. The predicted molar refractivity (Wildman–Crippen MR) is 153 cm³/mol. The summed E-state index contributed by atoms with van der Waals surface area (Å²) in [7, 11) is 1.59. The topological polar surface area (TPSA) is 138 Å². The molecular formula is C29H35N7O4. The molecule has 11 heteroatoms. The highest BCUT2D eigenvalue weighted by atomic mass is 16.6. The molecule has 0 saturated carbocycles. The number of nitrogens with zero attached hydrogens (tertiary/aromatic N) is 3. The van der Waals surface area contributed by atoms with E-state index in [0.29, 0.717) is 42.5 Å². The number of para-hydroxylation sites is 1. The molecule has 2 aromatic carbocycles. The van der Waals surface area contributed by atoms with Crippen LogP contribution in [0.1, 0.15) is 47.8 Å². The van der Waals surface area contributed by atoms with Crippen molar-refractivity contribution < 1.29 is 19.1 Å². The van der Waals surface area contributed by atoms with Crippen LogP contribution < -0.4 is 21.3 Å². The predicted octanol–water partition coefficient (Wildman–Crippen LogP) is 4.04. The van der Waals surface area contributed by atoms with Crippen molar-refractivity contribution in [3.8, 4) is 0 Å². The van der Waals surface area contributed by atoms with Gasteiger partial charge in [0.25, 0.3) is 5.91 Å². The zero-order chi connectivity index (χ0) is 28.9. The second-order valence-corrected chi connectivity index (χ2v) is 10.5. The summed E-state index contributed by atoms with van der Waals surface area (Å²) in [4.78, 5) is 47.6.